The van der Waals surface area contributed by atoms with Gasteiger partial charge in [-0.15, -0.1) is 0 Å². The number of carbonyl (C=O) groups excluding carboxylic acids is 2. The van der Waals surface area contributed by atoms with Gasteiger partial charge in [0.2, 0.25) is 5.91 Å². The van der Waals surface area contributed by atoms with Crippen LogP contribution in [0.5, 0.6) is 0 Å². The van der Waals surface area contributed by atoms with Crippen LogP contribution in [0.15, 0.2) is 24.3 Å². The highest BCUT2D eigenvalue weighted by atomic mass is 19.1. The van der Waals surface area contributed by atoms with E-state index in [1.54, 1.807) is 11.0 Å². The van der Waals surface area contributed by atoms with Crippen LogP contribution in [-0.2, 0) is 4.79 Å². The van der Waals surface area contributed by atoms with Crippen molar-refractivity contribution >= 4 is 17.6 Å². The van der Waals surface area contributed by atoms with Crippen molar-refractivity contribution in [1.29, 1.82) is 0 Å². The topological polar surface area (TPSA) is 40.6 Å². The normalized spacial score (nSPS) is 16.7. The van der Waals surface area contributed by atoms with Crippen LogP contribution >= 0.6 is 0 Å². The molecule has 18 heavy (non-hydrogen) atoms. The summed E-state index contributed by atoms with van der Waals surface area (Å²) in [4.78, 5) is 26.5. The van der Waals surface area contributed by atoms with Gasteiger partial charge in [0.05, 0.1) is 5.69 Å². The van der Waals surface area contributed by atoms with Gasteiger partial charge in [0, 0.05) is 19.0 Å². The van der Waals surface area contributed by atoms with Gasteiger partial charge in [-0.1, -0.05) is 12.1 Å². The minimum Gasteiger partial charge on any atom is -0.321 e. The van der Waals surface area contributed by atoms with Crippen molar-refractivity contribution in [3.63, 3.8) is 0 Å². The number of benzene rings is 1. The highest BCUT2D eigenvalue weighted by Gasteiger charge is 2.35. The number of hydrogen-bond donors (Lipinski definition) is 0. The van der Waals surface area contributed by atoms with Gasteiger partial charge in [0.15, 0.2) is 0 Å². The van der Waals surface area contributed by atoms with Crippen molar-refractivity contribution in [2.75, 3.05) is 11.4 Å². The third-order valence-electron chi connectivity index (χ3n) is 2.97. The lowest BCUT2D eigenvalue weighted by Gasteiger charge is -2.36. The van der Waals surface area contributed by atoms with E-state index in [9.17, 15) is 14.0 Å². The molecular weight excluding hydrogens is 235 g/mol. The zero-order valence-corrected chi connectivity index (χ0v) is 10.4. The van der Waals surface area contributed by atoms with Gasteiger partial charge in [0.1, 0.15) is 5.82 Å². The van der Waals surface area contributed by atoms with Crippen molar-refractivity contribution in [3.8, 4) is 0 Å². The highest BCUT2D eigenvalue weighted by Crippen LogP contribution is 2.24. The van der Waals surface area contributed by atoms with E-state index < -0.39 is 11.8 Å². The van der Waals surface area contributed by atoms with Gasteiger partial charge in [-0.3, -0.25) is 4.79 Å². The summed E-state index contributed by atoms with van der Waals surface area (Å²) in [5, 5.41) is 0. The molecule has 0 unspecified atom stereocenters. The minimum atomic E-state index is -0.565. The summed E-state index contributed by atoms with van der Waals surface area (Å²) in [6, 6.07) is 5.34. The number of nitrogens with zero attached hydrogens (tertiary/aromatic N) is 2. The molecule has 1 heterocycles. The molecule has 2 rings (SSSR count). The Labute approximate surface area is 105 Å². The number of halogens is 1. The van der Waals surface area contributed by atoms with Gasteiger partial charge < -0.3 is 4.90 Å². The highest BCUT2D eigenvalue weighted by molar-refractivity contribution is 6.15. The first-order chi connectivity index (χ1) is 8.52. The van der Waals surface area contributed by atoms with Gasteiger partial charge >= 0.3 is 6.03 Å². The average molecular weight is 250 g/mol. The Morgan fingerprint density at radius 1 is 1.22 bits per heavy atom. The zero-order chi connectivity index (χ0) is 13.3. The Kier molecular flexibility index (Phi) is 3.32. The van der Waals surface area contributed by atoms with Crippen LogP contribution in [0.1, 0.15) is 20.3 Å². The van der Waals surface area contributed by atoms with E-state index >= 15 is 0 Å². The molecule has 4 nitrogen and oxygen atoms in total. The fourth-order valence-electron chi connectivity index (χ4n) is 2.01. The number of para-hydroxylation sites is 1. The van der Waals surface area contributed by atoms with Crippen molar-refractivity contribution in [2.24, 2.45) is 0 Å². The van der Waals surface area contributed by atoms with E-state index in [0.717, 1.165) is 4.90 Å². The summed E-state index contributed by atoms with van der Waals surface area (Å²) in [7, 11) is 0. The Hall–Kier alpha value is -1.91. The van der Waals surface area contributed by atoms with E-state index in [1.807, 2.05) is 13.8 Å². The van der Waals surface area contributed by atoms with Crippen molar-refractivity contribution in [1.82, 2.24) is 4.90 Å². The summed E-state index contributed by atoms with van der Waals surface area (Å²) in [5.74, 6) is -0.924. The number of carbonyl (C=O) groups is 2. The van der Waals surface area contributed by atoms with Crippen molar-refractivity contribution in [3.05, 3.63) is 30.1 Å². The van der Waals surface area contributed by atoms with Crippen LogP contribution in [0.4, 0.5) is 14.9 Å². The third kappa shape index (κ3) is 2.08. The van der Waals surface area contributed by atoms with Gasteiger partial charge in [-0.25, -0.2) is 14.1 Å². The quantitative estimate of drug-likeness (QED) is 0.808. The Morgan fingerprint density at radius 2 is 1.89 bits per heavy atom. The van der Waals surface area contributed by atoms with E-state index in [-0.39, 0.29) is 24.1 Å². The standard InChI is InChI=1S/C13H15FN2O2/c1-9(2)15-8-7-12(17)16(13(15)18)11-6-4-3-5-10(11)14/h3-6,9H,7-8H2,1-2H3. The van der Waals surface area contributed by atoms with E-state index in [1.165, 1.54) is 18.2 Å². The predicted octanol–water partition coefficient (Wildman–Crippen LogP) is 2.39. The molecule has 0 saturated carbocycles. The number of imide groups is 1. The number of urea groups is 1. The SMILES string of the molecule is CC(C)N1CCC(=O)N(c2ccccc2F)C1=O. The lowest BCUT2D eigenvalue weighted by molar-refractivity contribution is -0.119. The largest absolute Gasteiger partial charge is 0.331 e. The molecule has 1 aromatic rings. The summed E-state index contributed by atoms with van der Waals surface area (Å²) in [6.07, 6.45) is 0.220. The van der Waals surface area contributed by atoms with Gasteiger partial charge in [-0.2, -0.15) is 0 Å². The first-order valence-corrected chi connectivity index (χ1v) is 5.90. The first-order valence-electron chi connectivity index (χ1n) is 5.90. The zero-order valence-electron chi connectivity index (χ0n) is 10.4. The lowest BCUT2D eigenvalue weighted by atomic mass is 10.2. The molecule has 0 spiro atoms. The smallest absolute Gasteiger partial charge is 0.321 e. The van der Waals surface area contributed by atoms with Crippen LogP contribution < -0.4 is 4.90 Å². The molecule has 0 aliphatic carbocycles. The molecule has 0 bridgehead atoms. The number of hydrogen-bond acceptors (Lipinski definition) is 2. The van der Waals surface area contributed by atoms with Crippen LogP contribution in [0, 0.1) is 5.82 Å². The molecule has 96 valence electrons. The lowest BCUT2D eigenvalue weighted by Crippen LogP contribution is -2.55. The van der Waals surface area contributed by atoms with Gasteiger partial charge in [0.25, 0.3) is 0 Å². The molecular formula is C13H15FN2O2. The second-order valence-electron chi connectivity index (χ2n) is 4.50. The predicted molar refractivity (Wildman–Crippen MR) is 65.7 cm³/mol. The Balaban J connectivity index is 2.38. The summed E-state index contributed by atoms with van der Waals surface area (Å²) >= 11 is 0. The van der Waals surface area contributed by atoms with E-state index in [4.69, 9.17) is 0 Å². The molecule has 0 radical (unpaired) electrons. The number of amides is 3. The molecule has 0 N–H and O–H groups in total. The molecule has 1 saturated heterocycles. The first kappa shape index (κ1) is 12.5. The summed E-state index contributed by atoms with van der Waals surface area (Å²) < 4.78 is 13.7. The maximum atomic E-state index is 13.7. The van der Waals surface area contributed by atoms with Crippen LogP contribution in [0.2, 0.25) is 0 Å². The van der Waals surface area contributed by atoms with Crippen LogP contribution in [0.3, 0.4) is 0 Å². The average Bonchev–Trinajstić information content (AvgIpc) is 2.31. The van der Waals surface area contributed by atoms with E-state index in [2.05, 4.69) is 0 Å². The maximum Gasteiger partial charge on any atom is 0.331 e. The van der Waals surface area contributed by atoms with Crippen LogP contribution in [-0.4, -0.2) is 29.4 Å². The van der Waals surface area contributed by atoms with Gasteiger partial charge in [-0.05, 0) is 26.0 Å². The molecule has 3 amide bonds. The minimum absolute atomic E-state index is 0.0140. The molecule has 0 aromatic heterocycles. The van der Waals surface area contributed by atoms with Crippen molar-refractivity contribution < 1.29 is 14.0 Å². The fourth-order valence-corrected chi connectivity index (χ4v) is 2.01. The molecule has 1 aromatic carbocycles. The summed E-state index contributed by atoms with van der Waals surface area (Å²) in [6.45, 7) is 4.13. The Bertz CT molecular complexity index is 488. The fraction of sp³-hybridized carbons (Fsp3) is 0.385. The summed E-state index contributed by atoms with van der Waals surface area (Å²) in [5.41, 5.74) is 0.0258. The molecule has 1 aliphatic heterocycles. The second-order valence-corrected chi connectivity index (χ2v) is 4.50. The third-order valence-corrected chi connectivity index (χ3v) is 2.97. The molecule has 1 aliphatic rings. The van der Waals surface area contributed by atoms with E-state index in [0.29, 0.717) is 6.54 Å². The monoisotopic (exact) mass is 250 g/mol. The molecule has 0 atom stereocenters. The second kappa shape index (κ2) is 4.76. The Morgan fingerprint density at radius 3 is 2.50 bits per heavy atom. The molecule has 5 heteroatoms. The maximum absolute atomic E-state index is 13.7. The van der Waals surface area contributed by atoms with Crippen LogP contribution in [0.25, 0.3) is 0 Å². The number of anilines is 1. The number of rotatable bonds is 2. The molecule has 1 fully saturated rings. The van der Waals surface area contributed by atoms with Crippen molar-refractivity contribution in [2.45, 2.75) is 26.3 Å².